The Morgan fingerprint density at radius 3 is 2.37 bits per heavy atom. The van der Waals surface area contributed by atoms with Crippen LogP contribution >= 0.6 is 11.6 Å². The van der Waals surface area contributed by atoms with E-state index in [1.54, 1.807) is 24.4 Å². The lowest BCUT2D eigenvalue weighted by Crippen LogP contribution is -2.14. The predicted octanol–water partition coefficient (Wildman–Crippen LogP) is 7.32. The molecule has 0 bridgehead atoms. The molecule has 1 N–H and O–H groups in total. The molecule has 0 spiro atoms. The zero-order valence-corrected chi connectivity index (χ0v) is 25.7. The van der Waals surface area contributed by atoms with Crippen molar-refractivity contribution < 1.29 is 23.9 Å². The number of nitrogens with zero attached hydrogens (tertiary/aromatic N) is 3. The highest BCUT2D eigenvalue weighted by Crippen LogP contribution is 2.35. The Balaban J connectivity index is 1.34. The number of hydrogen-bond acceptors (Lipinski definition) is 8. The maximum Gasteiger partial charge on any atom is 0.274 e. The summed E-state index contributed by atoms with van der Waals surface area (Å²) in [6.45, 7) is 4.20. The number of hydrogen-bond donors (Lipinski definition) is 1. The minimum atomic E-state index is -0.384. The molecule has 0 aliphatic carbocycles. The topological polar surface area (TPSA) is 131 Å². The van der Waals surface area contributed by atoms with Gasteiger partial charge in [0.25, 0.3) is 5.91 Å². The first-order valence-corrected chi connectivity index (χ1v) is 14.5. The first kappa shape index (κ1) is 31.6. The summed E-state index contributed by atoms with van der Waals surface area (Å²) < 4.78 is 12.0. The molecule has 0 radical (unpaired) electrons. The SMILES string of the molecule is Cc1c(COc2cc(OCc3cncc(C#N)c3)c(C=O)cc2Cl)cccc1-c1cccc(NC(=O)c2ccc(C=O)cn2)c1C. The van der Waals surface area contributed by atoms with Crippen molar-refractivity contribution >= 4 is 35.8 Å². The number of anilines is 1. The van der Waals surface area contributed by atoms with Gasteiger partial charge in [0.2, 0.25) is 0 Å². The summed E-state index contributed by atoms with van der Waals surface area (Å²) in [5.74, 6) is 0.239. The molecule has 5 aromatic rings. The van der Waals surface area contributed by atoms with Crippen molar-refractivity contribution in [1.29, 1.82) is 5.26 Å². The lowest BCUT2D eigenvalue weighted by Gasteiger charge is -2.17. The third-order valence-corrected chi connectivity index (χ3v) is 7.66. The minimum absolute atomic E-state index is 0.0907. The summed E-state index contributed by atoms with van der Waals surface area (Å²) in [5, 5.41) is 12.3. The Labute approximate surface area is 270 Å². The van der Waals surface area contributed by atoms with Crippen LogP contribution in [0.3, 0.4) is 0 Å². The van der Waals surface area contributed by atoms with Crippen LogP contribution in [-0.2, 0) is 13.2 Å². The number of ether oxygens (including phenoxy) is 2. The Hall–Kier alpha value is -5.85. The first-order valence-electron chi connectivity index (χ1n) is 14.1. The van der Waals surface area contributed by atoms with E-state index >= 15 is 0 Å². The molecule has 3 aromatic carbocycles. The molecule has 0 saturated heterocycles. The van der Waals surface area contributed by atoms with Crippen LogP contribution in [0.1, 0.15) is 59.0 Å². The van der Waals surface area contributed by atoms with Crippen molar-refractivity contribution in [3.05, 3.63) is 135 Å². The van der Waals surface area contributed by atoms with Crippen LogP contribution < -0.4 is 14.8 Å². The van der Waals surface area contributed by atoms with Crippen LogP contribution in [0.4, 0.5) is 5.69 Å². The first-order chi connectivity index (χ1) is 22.3. The Kier molecular flexibility index (Phi) is 9.81. The van der Waals surface area contributed by atoms with E-state index in [0.717, 1.165) is 27.8 Å². The van der Waals surface area contributed by atoms with E-state index in [-0.39, 0.29) is 41.2 Å². The van der Waals surface area contributed by atoms with Crippen molar-refractivity contribution in [3.63, 3.8) is 0 Å². The highest BCUT2D eigenvalue weighted by atomic mass is 35.5. The summed E-state index contributed by atoms with van der Waals surface area (Å²) in [6.07, 6.45) is 5.72. The number of nitrogens with one attached hydrogen (secondary N) is 1. The van der Waals surface area contributed by atoms with E-state index in [2.05, 4.69) is 15.3 Å². The molecule has 0 fully saturated rings. The highest BCUT2D eigenvalue weighted by molar-refractivity contribution is 6.32. The number of rotatable bonds is 11. The van der Waals surface area contributed by atoms with E-state index in [0.29, 0.717) is 40.7 Å². The number of aldehydes is 2. The van der Waals surface area contributed by atoms with Gasteiger partial charge in [-0.3, -0.25) is 24.4 Å². The number of amides is 1. The lowest BCUT2D eigenvalue weighted by atomic mass is 9.93. The minimum Gasteiger partial charge on any atom is -0.488 e. The molecular formula is C36H27ClN4O5. The van der Waals surface area contributed by atoms with Gasteiger partial charge in [-0.1, -0.05) is 41.9 Å². The largest absolute Gasteiger partial charge is 0.488 e. The number of pyridine rings is 2. The maximum absolute atomic E-state index is 12.9. The van der Waals surface area contributed by atoms with Gasteiger partial charge in [-0.25, -0.2) is 0 Å². The number of aromatic nitrogens is 2. The molecule has 1 amide bonds. The van der Waals surface area contributed by atoms with E-state index < -0.39 is 0 Å². The molecule has 0 aliphatic rings. The Morgan fingerprint density at radius 2 is 1.65 bits per heavy atom. The molecule has 0 atom stereocenters. The van der Waals surface area contributed by atoms with Gasteiger partial charge in [-0.2, -0.15) is 5.26 Å². The third kappa shape index (κ3) is 7.09. The quantitative estimate of drug-likeness (QED) is 0.150. The second-order valence-corrected chi connectivity index (χ2v) is 10.7. The third-order valence-electron chi connectivity index (χ3n) is 7.37. The lowest BCUT2D eigenvalue weighted by molar-refractivity contribution is 0.102. The van der Waals surface area contributed by atoms with Crippen molar-refractivity contribution in [2.75, 3.05) is 5.32 Å². The highest BCUT2D eigenvalue weighted by Gasteiger charge is 2.16. The van der Waals surface area contributed by atoms with Crippen LogP contribution in [0.25, 0.3) is 11.1 Å². The zero-order chi connectivity index (χ0) is 32.6. The van der Waals surface area contributed by atoms with Crippen LogP contribution in [0.15, 0.2) is 85.3 Å². The molecule has 5 rings (SSSR count). The van der Waals surface area contributed by atoms with Crippen LogP contribution in [0.2, 0.25) is 5.02 Å². The smallest absolute Gasteiger partial charge is 0.274 e. The van der Waals surface area contributed by atoms with Crippen molar-refractivity contribution in [2.45, 2.75) is 27.1 Å². The van der Waals surface area contributed by atoms with E-state index in [4.69, 9.17) is 26.3 Å². The molecule has 2 aromatic heterocycles. The van der Waals surface area contributed by atoms with Crippen LogP contribution in [0.5, 0.6) is 11.5 Å². The Bertz CT molecular complexity index is 1990. The van der Waals surface area contributed by atoms with Gasteiger partial charge in [-0.05, 0) is 72.0 Å². The normalized spacial score (nSPS) is 10.5. The fourth-order valence-electron chi connectivity index (χ4n) is 4.81. The van der Waals surface area contributed by atoms with E-state index in [1.807, 2.05) is 56.3 Å². The molecular weight excluding hydrogens is 604 g/mol. The van der Waals surface area contributed by atoms with Gasteiger partial charge in [-0.15, -0.1) is 0 Å². The van der Waals surface area contributed by atoms with Gasteiger partial charge in [0.15, 0.2) is 12.6 Å². The van der Waals surface area contributed by atoms with Gasteiger partial charge >= 0.3 is 0 Å². The summed E-state index contributed by atoms with van der Waals surface area (Å²) in [5.41, 5.74) is 7.19. The summed E-state index contributed by atoms with van der Waals surface area (Å²) in [6, 6.07) is 21.4. The van der Waals surface area contributed by atoms with E-state index in [1.165, 1.54) is 24.5 Å². The van der Waals surface area contributed by atoms with E-state index in [9.17, 15) is 14.4 Å². The summed E-state index contributed by atoms with van der Waals surface area (Å²) >= 11 is 6.47. The van der Waals surface area contributed by atoms with Crippen molar-refractivity contribution in [3.8, 4) is 28.7 Å². The molecule has 228 valence electrons. The zero-order valence-electron chi connectivity index (χ0n) is 24.9. The standard InChI is InChI=1S/C36H27ClN4O5/c1-22-27(21-46-35-13-34(28(19-43)12-31(35)37)45-20-26-11-25(14-38)15-39-16-26)5-3-6-29(22)30-7-4-8-32(23(30)2)41-36(44)33-10-9-24(18-42)17-40-33/h3-13,15-19H,20-21H2,1-2H3,(H,41,44). The molecule has 0 aliphatic heterocycles. The molecule has 46 heavy (non-hydrogen) atoms. The fourth-order valence-corrected chi connectivity index (χ4v) is 5.04. The van der Waals surface area contributed by atoms with Crippen molar-refractivity contribution in [1.82, 2.24) is 9.97 Å². The maximum atomic E-state index is 12.9. The number of carbonyl (C=O) groups excluding carboxylic acids is 3. The fraction of sp³-hybridized carbons (Fsp3) is 0.111. The molecule has 2 heterocycles. The molecule has 10 heteroatoms. The number of benzene rings is 3. The van der Waals surface area contributed by atoms with Crippen LogP contribution in [-0.4, -0.2) is 28.4 Å². The van der Waals surface area contributed by atoms with Crippen molar-refractivity contribution in [2.24, 2.45) is 0 Å². The van der Waals surface area contributed by atoms with Gasteiger partial charge < -0.3 is 14.8 Å². The predicted molar refractivity (Wildman–Crippen MR) is 173 cm³/mol. The average Bonchev–Trinajstić information content (AvgIpc) is 3.08. The molecule has 9 nitrogen and oxygen atoms in total. The number of nitriles is 1. The number of halogens is 1. The molecule has 0 saturated carbocycles. The summed E-state index contributed by atoms with van der Waals surface area (Å²) in [4.78, 5) is 43.6. The average molecular weight is 631 g/mol. The van der Waals surface area contributed by atoms with Crippen LogP contribution in [0, 0.1) is 25.2 Å². The van der Waals surface area contributed by atoms with Gasteiger partial charge in [0, 0.05) is 41.5 Å². The van der Waals surface area contributed by atoms with Gasteiger partial charge in [0.1, 0.15) is 36.5 Å². The second-order valence-electron chi connectivity index (χ2n) is 10.3. The monoisotopic (exact) mass is 630 g/mol. The Morgan fingerprint density at radius 1 is 0.891 bits per heavy atom. The second kappa shape index (κ2) is 14.3. The molecule has 0 unspecified atom stereocenters. The summed E-state index contributed by atoms with van der Waals surface area (Å²) in [7, 11) is 0. The number of carbonyl (C=O) groups is 3. The van der Waals surface area contributed by atoms with Gasteiger partial charge in [0.05, 0.1) is 16.1 Å².